The lowest BCUT2D eigenvalue weighted by Gasteiger charge is -2.24. The summed E-state index contributed by atoms with van der Waals surface area (Å²) in [6.07, 6.45) is 0.618. The summed E-state index contributed by atoms with van der Waals surface area (Å²) in [4.78, 5) is 25.1. The van der Waals surface area contributed by atoms with Crippen LogP contribution in [0.3, 0.4) is 0 Å². The van der Waals surface area contributed by atoms with E-state index in [0.29, 0.717) is 6.42 Å². The number of methoxy groups -OCH3 is 1. The van der Waals surface area contributed by atoms with Crippen molar-refractivity contribution in [2.24, 2.45) is 0 Å². The highest BCUT2D eigenvalue weighted by atomic mass is 16.5. The Bertz CT molecular complexity index is 473. The third kappa shape index (κ3) is 2.16. The van der Waals surface area contributed by atoms with Crippen molar-refractivity contribution in [3.05, 3.63) is 29.8 Å². The van der Waals surface area contributed by atoms with Crippen molar-refractivity contribution in [1.29, 1.82) is 0 Å². The second-order valence-corrected chi connectivity index (χ2v) is 4.17. The van der Waals surface area contributed by atoms with E-state index in [2.05, 4.69) is 10.1 Å². The molecule has 0 aromatic heterocycles. The normalized spacial score (nSPS) is 17.2. The zero-order chi connectivity index (χ0) is 13.1. The van der Waals surface area contributed by atoms with Gasteiger partial charge in [0.05, 0.1) is 7.11 Å². The van der Waals surface area contributed by atoms with Gasteiger partial charge in [-0.2, -0.15) is 0 Å². The van der Waals surface area contributed by atoms with Crippen molar-refractivity contribution in [3.8, 4) is 0 Å². The number of esters is 1. The van der Waals surface area contributed by atoms with Gasteiger partial charge in [-0.25, -0.2) is 0 Å². The molecule has 0 saturated carbocycles. The zero-order valence-corrected chi connectivity index (χ0v) is 10.5. The Hall–Kier alpha value is -2.04. The molecule has 1 aromatic rings. The highest BCUT2D eigenvalue weighted by molar-refractivity contribution is 5.90. The van der Waals surface area contributed by atoms with E-state index in [1.165, 1.54) is 7.11 Å². The van der Waals surface area contributed by atoms with E-state index in [1.807, 2.05) is 24.3 Å². The number of carbonyl (C=O) groups is 2. The van der Waals surface area contributed by atoms with Crippen LogP contribution in [0.1, 0.15) is 5.56 Å². The first-order valence-electron chi connectivity index (χ1n) is 5.80. The molecule has 0 saturated heterocycles. The minimum absolute atomic E-state index is 0.0879. The van der Waals surface area contributed by atoms with E-state index in [4.69, 9.17) is 0 Å². The van der Waals surface area contributed by atoms with Gasteiger partial charge in [0.15, 0.2) is 0 Å². The Morgan fingerprint density at radius 3 is 2.83 bits per heavy atom. The molecule has 0 fully saturated rings. The third-order valence-corrected chi connectivity index (χ3v) is 3.17. The molecule has 1 N–H and O–H groups in total. The highest BCUT2D eigenvalue weighted by Gasteiger charge is 2.34. The number of anilines is 1. The summed E-state index contributed by atoms with van der Waals surface area (Å²) >= 11 is 0. The summed E-state index contributed by atoms with van der Waals surface area (Å²) in [5.41, 5.74) is 2.01. The molecular weight excluding hydrogens is 232 g/mol. The molecule has 1 atom stereocenters. The number of nitrogens with one attached hydrogen (secondary N) is 1. The molecule has 1 aromatic carbocycles. The van der Waals surface area contributed by atoms with Crippen LogP contribution in [0.2, 0.25) is 0 Å². The molecule has 2 rings (SSSR count). The quantitative estimate of drug-likeness (QED) is 0.783. The standard InChI is InChI=1S/C13H16N2O3/c1-14-13(17)11-7-9-5-3-4-6-10(9)15(11)8-12(16)18-2/h3-6,11H,7-8H2,1-2H3,(H,14,17). The van der Waals surface area contributed by atoms with Gasteiger partial charge in [-0.3, -0.25) is 9.59 Å². The van der Waals surface area contributed by atoms with E-state index in [9.17, 15) is 9.59 Å². The van der Waals surface area contributed by atoms with Gasteiger partial charge in [0.1, 0.15) is 12.6 Å². The molecule has 18 heavy (non-hydrogen) atoms. The Morgan fingerprint density at radius 1 is 1.44 bits per heavy atom. The van der Waals surface area contributed by atoms with E-state index in [-0.39, 0.29) is 24.5 Å². The van der Waals surface area contributed by atoms with E-state index < -0.39 is 0 Å². The van der Waals surface area contributed by atoms with Crippen LogP contribution >= 0.6 is 0 Å². The van der Waals surface area contributed by atoms with Crippen molar-refractivity contribution in [2.75, 3.05) is 25.6 Å². The van der Waals surface area contributed by atoms with Gasteiger partial charge in [0.25, 0.3) is 0 Å². The first-order chi connectivity index (χ1) is 8.67. The van der Waals surface area contributed by atoms with Gasteiger partial charge in [0, 0.05) is 19.2 Å². The fourth-order valence-electron chi connectivity index (χ4n) is 2.25. The molecule has 5 heteroatoms. The Morgan fingerprint density at radius 2 is 2.17 bits per heavy atom. The molecule has 0 aliphatic carbocycles. The van der Waals surface area contributed by atoms with Crippen LogP contribution in [0, 0.1) is 0 Å². The van der Waals surface area contributed by atoms with E-state index >= 15 is 0 Å². The number of para-hydroxylation sites is 1. The summed E-state index contributed by atoms with van der Waals surface area (Å²) in [6, 6.07) is 7.38. The number of carbonyl (C=O) groups excluding carboxylic acids is 2. The molecule has 1 unspecified atom stereocenters. The lowest BCUT2D eigenvalue weighted by Crippen LogP contribution is -2.46. The summed E-state index contributed by atoms with van der Waals surface area (Å²) in [5.74, 6) is -0.435. The number of ether oxygens (including phenoxy) is 1. The van der Waals surface area contributed by atoms with Crippen molar-refractivity contribution in [3.63, 3.8) is 0 Å². The number of benzene rings is 1. The molecule has 1 aliphatic rings. The smallest absolute Gasteiger partial charge is 0.325 e. The summed E-state index contributed by atoms with van der Waals surface area (Å²) in [6.45, 7) is 0.0889. The first-order valence-corrected chi connectivity index (χ1v) is 5.80. The monoisotopic (exact) mass is 248 g/mol. The lowest BCUT2D eigenvalue weighted by molar-refractivity contribution is -0.139. The molecular formula is C13H16N2O3. The van der Waals surface area contributed by atoms with Gasteiger partial charge >= 0.3 is 5.97 Å². The van der Waals surface area contributed by atoms with Crippen molar-refractivity contribution < 1.29 is 14.3 Å². The Balaban J connectivity index is 2.29. The number of hydrogen-bond acceptors (Lipinski definition) is 4. The van der Waals surface area contributed by atoms with Gasteiger partial charge in [-0.1, -0.05) is 18.2 Å². The molecule has 5 nitrogen and oxygen atoms in total. The number of fused-ring (bicyclic) bond motifs is 1. The highest BCUT2D eigenvalue weighted by Crippen LogP contribution is 2.31. The van der Waals surface area contributed by atoms with Crippen molar-refractivity contribution in [2.45, 2.75) is 12.5 Å². The SMILES string of the molecule is CNC(=O)C1Cc2ccccc2N1CC(=O)OC. The molecule has 0 radical (unpaired) electrons. The molecule has 1 amide bonds. The van der Waals surface area contributed by atoms with Crippen LogP contribution in [0.15, 0.2) is 24.3 Å². The van der Waals surface area contributed by atoms with E-state index in [1.54, 1.807) is 11.9 Å². The van der Waals surface area contributed by atoms with Crippen LogP contribution in [-0.4, -0.2) is 38.6 Å². The molecule has 0 bridgehead atoms. The Labute approximate surface area is 106 Å². The van der Waals surface area contributed by atoms with E-state index in [0.717, 1.165) is 11.3 Å². The van der Waals surface area contributed by atoms with Crippen LogP contribution in [0.4, 0.5) is 5.69 Å². The topological polar surface area (TPSA) is 58.6 Å². The van der Waals surface area contributed by atoms with Crippen molar-refractivity contribution in [1.82, 2.24) is 5.32 Å². The number of likely N-dealkylation sites (N-methyl/N-ethyl adjacent to an activating group) is 1. The van der Waals surface area contributed by atoms with Crippen LogP contribution in [0.25, 0.3) is 0 Å². The van der Waals surface area contributed by atoms with Gasteiger partial charge < -0.3 is 15.0 Å². The summed E-state index contributed by atoms with van der Waals surface area (Å²) in [7, 11) is 2.95. The minimum atomic E-state index is -0.347. The zero-order valence-electron chi connectivity index (χ0n) is 10.5. The maximum absolute atomic E-state index is 11.9. The van der Waals surface area contributed by atoms with Crippen LogP contribution in [0.5, 0.6) is 0 Å². The predicted octanol–water partition coefficient (Wildman–Crippen LogP) is 0.337. The number of rotatable bonds is 3. The number of hydrogen-bond donors (Lipinski definition) is 1. The second kappa shape index (κ2) is 5.08. The minimum Gasteiger partial charge on any atom is -0.468 e. The number of amides is 1. The Kier molecular flexibility index (Phi) is 3.50. The van der Waals surface area contributed by atoms with Crippen LogP contribution in [-0.2, 0) is 20.7 Å². The first kappa shape index (κ1) is 12.4. The lowest BCUT2D eigenvalue weighted by atomic mass is 10.1. The predicted molar refractivity (Wildman–Crippen MR) is 67.4 cm³/mol. The maximum Gasteiger partial charge on any atom is 0.325 e. The van der Waals surface area contributed by atoms with Gasteiger partial charge in [-0.05, 0) is 11.6 Å². The third-order valence-electron chi connectivity index (χ3n) is 3.17. The molecule has 0 spiro atoms. The average molecular weight is 248 g/mol. The fourth-order valence-corrected chi connectivity index (χ4v) is 2.25. The largest absolute Gasteiger partial charge is 0.468 e. The maximum atomic E-state index is 11.9. The fraction of sp³-hybridized carbons (Fsp3) is 0.385. The molecule has 1 heterocycles. The molecule has 96 valence electrons. The summed E-state index contributed by atoms with van der Waals surface area (Å²) < 4.78 is 4.68. The summed E-state index contributed by atoms with van der Waals surface area (Å²) in [5, 5.41) is 2.63. The van der Waals surface area contributed by atoms with Gasteiger partial charge in [-0.15, -0.1) is 0 Å². The molecule has 1 aliphatic heterocycles. The number of nitrogens with zero attached hydrogens (tertiary/aromatic N) is 1. The second-order valence-electron chi connectivity index (χ2n) is 4.17. The van der Waals surface area contributed by atoms with Gasteiger partial charge in [0.2, 0.25) is 5.91 Å². The van der Waals surface area contributed by atoms with Crippen molar-refractivity contribution >= 4 is 17.6 Å². The van der Waals surface area contributed by atoms with Crippen LogP contribution < -0.4 is 10.2 Å². The average Bonchev–Trinajstić information content (AvgIpc) is 2.77.